The van der Waals surface area contributed by atoms with E-state index in [1.807, 2.05) is 36.5 Å². The Morgan fingerprint density at radius 1 is 1.12 bits per heavy atom. The predicted molar refractivity (Wildman–Crippen MR) is 127 cm³/mol. The third-order valence-electron chi connectivity index (χ3n) is 4.95. The SMILES string of the molecule is N#CNC1=NC(c2ccccc2OCc2ccc(Cl)c(Cl)c2)c2c(nc(N)c(C#N)c2N)N1. The lowest BCUT2D eigenvalue weighted by molar-refractivity contribution is 0.302. The van der Waals surface area contributed by atoms with Gasteiger partial charge in [0.1, 0.15) is 41.7 Å². The lowest BCUT2D eigenvalue weighted by atomic mass is 9.94. The minimum absolute atomic E-state index is 0.0256. The van der Waals surface area contributed by atoms with E-state index in [0.29, 0.717) is 32.7 Å². The Balaban J connectivity index is 1.78. The first-order valence-corrected chi connectivity index (χ1v) is 10.3. The highest BCUT2D eigenvalue weighted by Gasteiger charge is 2.31. The van der Waals surface area contributed by atoms with Crippen molar-refractivity contribution in [1.82, 2.24) is 10.3 Å². The molecule has 0 spiro atoms. The summed E-state index contributed by atoms with van der Waals surface area (Å²) in [6, 6.07) is 13.7. The number of hydrogen-bond donors (Lipinski definition) is 4. The number of pyridine rings is 1. The molecule has 4 rings (SSSR count). The number of para-hydroxylation sites is 1. The maximum atomic E-state index is 9.49. The van der Waals surface area contributed by atoms with Crippen molar-refractivity contribution in [3.63, 3.8) is 0 Å². The molecule has 1 aliphatic heterocycles. The Morgan fingerprint density at radius 3 is 2.64 bits per heavy atom. The summed E-state index contributed by atoms with van der Waals surface area (Å²) < 4.78 is 6.07. The fraction of sp³-hybridized carbons (Fsp3) is 0.0909. The van der Waals surface area contributed by atoms with Crippen LogP contribution in [-0.4, -0.2) is 10.9 Å². The first-order valence-electron chi connectivity index (χ1n) is 9.57. The zero-order valence-electron chi connectivity index (χ0n) is 16.9. The molecule has 0 radical (unpaired) electrons. The number of ether oxygens (including phenoxy) is 1. The van der Waals surface area contributed by atoms with Gasteiger partial charge in [-0.1, -0.05) is 47.5 Å². The Hall–Kier alpha value is -4.18. The van der Waals surface area contributed by atoms with Gasteiger partial charge in [-0.25, -0.2) is 9.98 Å². The maximum Gasteiger partial charge on any atom is 0.211 e. The third-order valence-corrected chi connectivity index (χ3v) is 5.69. The molecule has 0 saturated heterocycles. The van der Waals surface area contributed by atoms with Crippen LogP contribution in [0.5, 0.6) is 5.75 Å². The number of nitrogens with two attached hydrogens (primary N) is 2. The third kappa shape index (κ3) is 4.28. The predicted octanol–water partition coefficient (Wildman–Crippen LogP) is 3.95. The van der Waals surface area contributed by atoms with Crippen molar-refractivity contribution in [3.8, 4) is 18.0 Å². The van der Waals surface area contributed by atoms with E-state index in [0.717, 1.165) is 5.56 Å². The highest BCUT2D eigenvalue weighted by molar-refractivity contribution is 6.42. The highest BCUT2D eigenvalue weighted by Crippen LogP contribution is 2.43. The number of nitrogens with zero attached hydrogens (tertiary/aromatic N) is 4. The Bertz CT molecular complexity index is 1360. The van der Waals surface area contributed by atoms with Gasteiger partial charge < -0.3 is 21.5 Å². The van der Waals surface area contributed by atoms with Gasteiger partial charge in [0.2, 0.25) is 5.96 Å². The smallest absolute Gasteiger partial charge is 0.211 e. The van der Waals surface area contributed by atoms with E-state index in [9.17, 15) is 5.26 Å². The number of hydrogen-bond acceptors (Lipinski definition) is 9. The van der Waals surface area contributed by atoms with Gasteiger partial charge >= 0.3 is 0 Å². The molecule has 2 aromatic carbocycles. The number of halogens is 2. The average molecular weight is 479 g/mol. The van der Waals surface area contributed by atoms with E-state index in [1.165, 1.54) is 0 Å². The molecule has 0 amide bonds. The lowest BCUT2D eigenvalue weighted by Gasteiger charge is -2.27. The monoisotopic (exact) mass is 478 g/mol. The molecule has 9 nitrogen and oxygen atoms in total. The molecule has 33 heavy (non-hydrogen) atoms. The van der Waals surface area contributed by atoms with Crippen molar-refractivity contribution in [1.29, 1.82) is 10.5 Å². The molecular formula is C22H16Cl2N8O. The summed E-state index contributed by atoms with van der Waals surface area (Å²) in [5.74, 6) is 0.949. The topological polar surface area (TPSA) is 158 Å². The van der Waals surface area contributed by atoms with Crippen LogP contribution in [0.15, 0.2) is 47.5 Å². The summed E-state index contributed by atoms with van der Waals surface area (Å²) in [5.41, 5.74) is 14.3. The number of fused-ring (bicyclic) bond motifs is 1. The molecule has 6 N–H and O–H groups in total. The number of guanidine groups is 1. The molecule has 0 aliphatic carbocycles. The number of nitriles is 2. The highest BCUT2D eigenvalue weighted by atomic mass is 35.5. The first kappa shape index (κ1) is 22.0. The largest absolute Gasteiger partial charge is 0.489 e. The molecule has 11 heteroatoms. The molecule has 1 aromatic heterocycles. The Kier molecular flexibility index (Phi) is 6.09. The van der Waals surface area contributed by atoms with Gasteiger partial charge in [0.25, 0.3) is 0 Å². The van der Waals surface area contributed by atoms with Crippen molar-refractivity contribution in [2.75, 3.05) is 16.8 Å². The molecular weight excluding hydrogens is 463 g/mol. The second-order valence-corrected chi connectivity index (χ2v) is 7.79. The maximum absolute atomic E-state index is 9.49. The molecule has 2 heterocycles. The van der Waals surface area contributed by atoms with Crippen LogP contribution < -0.4 is 26.8 Å². The van der Waals surface area contributed by atoms with E-state index in [4.69, 9.17) is 44.7 Å². The average Bonchev–Trinajstić information content (AvgIpc) is 2.80. The van der Waals surface area contributed by atoms with Crippen LogP contribution in [0.1, 0.15) is 28.3 Å². The Labute approximate surface area is 199 Å². The zero-order chi connectivity index (χ0) is 23.5. The molecule has 164 valence electrons. The van der Waals surface area contributed by atoms with E-state index in [2.05, 4.69) is 20.6 Å². The van der Waals surface area contributed by atoms with Gasteiger partial charge in [0, 0.05) is 11.1 Å². The van der Waals surface area contributed by atoms with Crippen molar-refractivity contribution in [2.24, 2.45) is 4.99 Å². The van der Waals surface area contributed by atoms with Gasteiger partial charge in [-0.3, -0.25) is 5.32 Å². The molecule has 0 bridgehead atoms. The van der Waals surface area contributed by atoms with Gasteiger partial charge in [-0.2, -0.15) is 10.5 Å². The van der Waals surface area contributed by atoms with Crippen LogP contribution in [0.4, 0.5) is 17.3 Å². The van der Waals surface area contributed by atoms with Gasteiger partial charge in [0.15, 0.2) is 6.19 Å². The van der Waals surface area contributed by atoms with E-state index in [1.54, 1.807) is 18.2 Å². The fourth-order valence-electron chi connectivity index (χ4n) is 3.43. The number of nitrogen functional groups attached to an aromatic ring is 2. The van der Waals surface area contributed by atoms with E-state index >= 15 is 0 Å². The summed E-state index contributed by atoms with van der Waals surface area (Å²) in [5, 5.41) is 24.8. The standard InChI is InChI=1S/C22H16Cl2N8O/c23-14-6-5-11(7-15(14)24)9-33-16-4-2-1-3-12(16)19-17-18(27)13(8-25)20(28)31-21(17)32-22(30-19)29-10-26/h1-7,19H,9H2,(H6,27,28,29,30,31,32). The summed E-state index contributed by atoms with van der Waals surface area (Å²) in [6.45, 7) is 0.220. The number of benzene rings is 2. The number of anilines is 3. The quantitative estimate of drug-likeness (QED) is 0.324. The molecule has 1 aliphatic rings. The molecule has 0 fully saturated rings. The van der Waals surface area contributed by atoms with E-state index < -0.39 is 6.04 Å². The second-order valence-electron chi connectivity index (χ2n) is 6.98. The van der Waals surface area contributed by atoms with Crippen LogP contribution in [0.3, 0.4) is 0 Å². The van der Waals surface area contributed by atoms with Crippen LogP contribution in [0.2, 0.25) is 10.0 Å². The van der Waals surface area contributed by atoms with Gasteiger partial charge in [-0.05, 0) is 23.8 Å². The number of aliphatic imine (C=N–C) groups is 1. The lowest BCUT2D eigenvalue weighted by Crippen LogP contribution is -2.32. The minimum atomic E-state index is -0.720. The van der Waals surface area contributed by atoms with E-state index in [-0.39, 0.29) is 29.6 Å². The molecule has 1 unspecified atom stereocenters. The summed E-state index contributed by atoms with van der Waals surface area (Å²) in [4.78, 5) is 8.83. The van der Waals surface area contributed by atoms with Crippen LogP contribution >= 0.6 is 23.2 Å². The van der Waals surface area contributed by atoms with Crippen LogP contribution in [0.25, 0.3) is 0 Å². The van der Waals surface area contributed by atoms with Gasteiger partial charge in [-0.15, -0.1) is 0 Å². The second kappa shape index (κ2) is 9.13. The van der Waals surface area contributed by atoms with Crippen LogP contribution in [-0.2, 0) is 6.61 Å². The van der Waals surface area contributed by atoms with Crippen molar-refractivity contribution < 1.29 is 4.74 Å². The minimum Gasteiger partial charge on any atom is -0.489 e. The zero-order valence-corrected chi connectivity index (χ0v) is 18.4. The van der Waals surface area contributed by atoms with Crippen molar-refractivity contribution >= 4 is 46.5 Å². The normalized spacial score (nSPS) is 14.2. The molecule has 0 saturated carbocycles. The first-order chi connectivity index (χ1) is 15.9. The number of nitrogens with one attached hydrogen (secondary N) is 2. The molecule has 1 atom stereocenters. The van der Waals surface area contributed by atoms with Crippen molar-refractivity contribution in [2.45, 2.75) is 12.6 Å². The molecule has 3 aromatic rings. The fourth-order valence-corrected chi connectivity index (χ4v) is 3.76. The summed E-state index contributed by atoms with van der Waals surface area (Å²) >= 11 is 12.1. The van der Waals surface area contributed by atoms with Crippen molar-refractivity contribution in [3.05, 3.63) is 74.8 Å². The summed E-state index contributed by atoms with van der Waals surface area (Å²) in [7, 11) is 0. The van der Waals surface area contributed by atoms with Crippen LogP contribution in [0, 0.1) is 22.8 Å². The summed E-state index contributed by atoms with van der Waals surface area (Å²) in [6.07, 6.45) is 1.82. The van der Waals surface area contributed by atoms with Gasteiger partial charge in [0.05, 0.1) is 15.7 Å². The Morgan fingerprint density at radius 2 is 1.91 bits per heavy atom. The number of rotatable bonds is 4. The number of aromatic nitrogens is 1.